The molecule has 1 aromatic carbocycles. The molecule has 140 valence electrons. The van der Waals surface area contributed by atoms with E-state index in [0.717, 1.165) is 5.56 Å². The number of aryl methyl sites for hydroxylation is 1. The highest BCUT2D eigenvalue weighted by Crippen LogP contribution is 2.38. The maximum atomic E-state index is 12.4. The fourth-order valence-corrected chi connectivity index (χ4v) is 3.30. The molecule has 1 aromatic rings. The number of hydrogen-bond donors (Lipinski definition) is 0. The lowest BCUT2D eigenvalue weighted by atomic mass is 10.1. The topological polar surface area (TPSA) is 26.3 Å². The second-order valence-electron chi connectivity index (χ2n) is 7.66. The van der Waals surface area contributed by atoms with Crippen LogP contribution in [0, 0.1) is 0 Å². The molecule has 0 radical (unpaired) electrons. The van der Waals surface area contributed by atoms with Crippen LogP contribution in [0.3, 0.4) is 0 Å². The summed E-state index contributed by atoms with van der Waals surface area (Å²) >= 11 is 0. The molecule has 0 N–H and O–H groups in total. The predicted octanol–water partition coefficient (Wildman–Crippen LogP) is 5.70. The number of alkyl halides is 3. The second kappa shape index (κ2) is 8.32. The van der Waals surface area contributed by atoms with Crippen molar-refractivity contribution in [3.63, 3.8) is 0 Å². The van der Waals surface area contributed by atoms with Crippen molar-refractivity contribution >= 4 is 14.1 Å². The van der Waals surface area contributed by atoms with Crippen LogP contribution in [0.15, 0.2) is 42.5 Å². The lowest BCUT2D eigenvalue weighted by Crippen LogP contribution is -2.43. The van der Waals surface area contributed by atoms with E-state index >= 15 is 0 Å². The summed E-state index contributed by atoms with van der Waals surface area (Å²) in [4.78, 5) is 11.1. The number of ketones is 1. The molecular weight excluding hydrogens is 345 g/mol. The minimum atomic E-state index is -4.85. The van der Waals surface area contributed by atoms with E-state index < -0.39 is 26.4 Å². The molecule has 0 spiro atoms. The van der Waals surface area contributed by atoms with Crippen LogP contribution in [0.2, 0.25) is 18.1 Å². The quantitative estimate of drug-likeness (QED) is 0.453. The van der Waals surface area contributed by atoms with Gasteiger partial charge in [-0.3, -0.25) is 4.79 Å². The average Bonchev–Trinajstić information content (AvgIpc) is 2.48. The molecule has 6 heteroatoms. The summed E-state index contributed by atoms with van der Waals surface area (Å²) in [5, 5.41) is -0.0696. The minimum absolute atomic E-state index is 0.0696. The Balaban J connectivity index is 2.90. The monoisotopic (exact) mass is 372 g/mol. The van der Waals surface area contributed by atoms with E-state index in [2.05, 4.69) is 20.8 Å². The van der Waals surface area contributed by atoms with E-state index in [9.17, 15) is 18.0 Å². The first kappa shape index (κ1) is 21.6. The highest BCUT2D eigenvalue weighted by atomic mass is 28.4. The first-order valence-corrected chi connectivity index (χ1v) is 11.2. The molecule has 0 aliphatic heterocycles. The Labute approximate surface area is 149 Å². The molecule has 0 bridgehead atoms. The molecule has 25 heavy (non-hydrogen) atoms. The van der Waals surface area contributed by atoms with Gasteiger partial charge in [-0.15, -0.1) is 0 Å². The standard InChI is InChI=1S/C19H27F3O2Si/c1-18(2,3)25(4,5)24-16(13-14-17(23)19(20,21)22)12-11-15-9-7-6-8-10-15/h6-10,13-14,16H,11-12H2,1-5H3/b14-13+. The zero-order valence-corrected chi connectivity index (χ0v) is 16.5. The third-order valence-corrected chi connectivity index (χ3v) is 9.06. The van der Waals surface area contributed by atoms with Gasteiger partial charge in [0.05, 0.1) is 6.10 Å². The van der Waals surface area contributed by atoms with Crippen LogP contribution < -0.4 is 0 Å². The Hall–Kier alpha value is -1.40. The van der Waals surface area contributed by atoms with Crippen LogP contribution in [-0.2, 0) is 15.6 Å². The predicted molar refractivity (Wildman–Crippen MR) is 97.0 cm³/mol. The fraction of sp³-hybridized carbons (Fsp3) is 0.526. The highest BCUT2D eigenvalue weighted by Gasteiger charge is 2.39. The summed E-state index contributed by atoms with van der Waals surface area (Å²) in [5.74, 6) is -1.85. The SMILES string of the molecule is CC(C)(C)[Si](C)(C)OC(/C=C/C(=O)C(F)(F)F)CCc1ccccc1. The van der Waals surface area contributed by atoms with Crippen LogP contribution in [0.25, 0.3) is 0 Å². The lowest BCUT2D eigenvalue weighted by molar-refractivity contribution is -0.165. The van der Waals surface area contributed by atoms with E-state index in [4.69, 9.17) is 4.43 Å². The molecule has 0 heterocycles. The molecule has 0 saturated carbocycles. The first-order chi connectivity index (χ1) is 11.3. The summed E-state index contributed by atoms with van der Waals surface area (Å²) in [6.45, 7) is 10.3. The Kier molecular flexibility index (Phi) is 7.20. The molecule has 0 aliphatic carbocycles. The Morgan fingerprint density at radius 1 is 1.16 bits per heavy atom. The van der Waals surface area contributed by atoms with Crippen LogP contribution >= 0.6 is 0 Å². The normalized spacial score (nSPS) is 14.7. The van der Waals surface area contributed by atoms with Gasteiger partial charge in [-0.1, -0.05) is 57.2 Å². The van der Waals surface area contributed by atoms with E-state index in [0.29, 0.717) is 18.9 Å². The Morgan fingerprint density at radius 3 is 2.20 bits per heavy atom. The summed E-state index contributed by atoms with van der Waals surface area (Å²) in [5.41, 5.74) is 1.09. The maximum absolute atomic E-state index is 12.4. The number of halogens is 3. The first-order valence-electron chi connectivity index (χ1n) is 8.34. The van der Waals surface area contributed by atoms with Gasteiger partial charge in [0.15, 0.2) is 8.32 Å². The Bertz CT molecular complexity index is 587. The minimum Gasteiger partial charge on any atom is -0.411 e. The van der Waals surface area contributed by atoms with Gasteiger partial charge in [-0.25, -0.2) is 0 Å². The molecule has 0 saturated heterocycles. The highest BCUT2D eigenvalue weighted by molar-refractivity contribution is 6.74. The van der Waals surface area contributed by atoms with E-state index in [1.165, 1.54) is 6.08 Å². The van der Waals surface area contributed by atoms with Crippen molar-refractivity contribution < 1.29 is 22.4 Å². The van der Waals surface area contributed by atoms with Gasteiger partial charge in [-0.05, 0) is 42.6 Å². The molecule has 2 nitrogen and oxygen atoms in total. The summed E-state index contributed by atoms with van der Waals surface area (Å²) in [6.07, 6.45) is -2.31. The number of rotatable bonds is 7. The van der Waals surface area contributed by atoms with E-state index in [-0.39, 0.29) is 5.04 Å². The largest absolute Gasteiger partial charge is 0.454 e. The number of benzene rings is 1. The molecule has 1 unspecified atom stereocenters. The summed E-state index contributed by atoms with van der Waals surface area (Å²) in [6, 6.07) is 9.68. The number of carbonyl (C=O) groups excluding carboxylic acids is 1. The molecule has 1 atom stereocenters. The van der Waals surface area contributed by atoms with E-state index in [1.807, 2.05) is 43.4 Å². The second-order valence-corrected chi connectivity index (χ2v) is 12.4. The van der Waals surface area contributed by atoms with Gasteiger partial charge >= 0.3 is 6.18 Å². The van der Waals surface area contributed by atoms with Crippen LogP contribution in [0.1, 0.15) is 32.8 Å². The number of carbonyl (C=O) groups is 1. The zero-order chi connectivity index (χ0) is 19.3. The van der Waals surface area contributed by atoms with Gasteiger partial charge in [0, 0.05) is 0 Å². The van der Waals surface area contributed by atoms with Gasteiger partial charge in [-0.2, -0.15) is 13.2 Å². The molecule has 1 rings (SSSR count). The van der Waals surface area contributed by atoms with Crippen LogP contribution in [-0.4, -0.2) is 26.4 Å². The summed E-state index contributed by atoms with van der Waals surface area (Å²) < 4.78 is 43.6. The van der Waals surface area contributed by atoms with Crippen LogP contribution in [0.5, 0.6) is 0 Å². The van der Waals surface area contributed by atoms with Gasteiger partial charge < -0.3 is 4.43 Å². The average molecular weight is 373 g/mol. The van der Waals surface area contributed by atoms with Gasteiger partial charge in [0.1, 0.15) is 0 Å². The number of allylic oxidation sites excluding steroid dienone is 1. The third kappa shape index (κ3) is 7.16. The van der Waals surface area contributed by atoms with Crippen molar-refractivity contribution in [3.05, 3.63) is 48.0 Å². The smallest absolute Gasteiger partial charge is 0.411 e. The summed E-state index contributed by atoms with van der Waals surface area (Å²) in [7, 11) is -2.17. The van der Waals surface area contributed by atoms with Gasteiger partial charge in [0.25, 0.3) is 5.78 Å². The van der Waals surface area contributed by atoms with Crippen molar-refractivity contribution in [2.24, 2.45) is 0 Å². The van der Waals surface area contributed by atoms with Crippen molar-refractivity contribution in [1.29, 1.82) is 0 Å². The molecule has 0 fully saturated rings. The lowest BCUT2D eigenvalue weighted by Gasteiger charge is -2.38. The molecule has 0 amide bonds. The van der Waals surface area contributed by atoms with Crippen molar-refractivity contribution in [2.45, 2.75) is 64.0 Å². The van der Waals surface area contributed by atoms with Gasteiger partial charge in [0.2, 0.25) is 0 Å². The molecular formula is C19H27F3O2Si. The molecule has 0 aromatic heterocycles. The Morgan fingerprint density at radius 2 is 1.72 bits per heavy atom. The van der Waals surface area contributed by atoms with Crippen molar-refractivity contribution in [2.75, 3.05) is 0 Å². The fourth-order valence-electron chi connectivity index (χ4n) is 1.99. The van der Waals surface area contributed by atoms with E-state index in [1.54, 1.807) is 0 Å². The van der Waals surface area contributed by atoms with Crippen molar-refractivity contribution in [3.8, 4) is 0 Å². The molecule has 0 aliphatic rings. The number of hydrogen-bond acceptors (Lipinski definition) is 2. The third-order valence-electron chi connectivity index (χ3n) is 4.55. The van der Waals surface area contributed by atoms with Crippen LogP contribution in [0.4, 0.5) is 13.2 Å². The zero-order valence-electron chi connectivity index (χ0n) is 15.5. The maximum Gasteiger partial charge on any atom is 0.454 e. The van der Waals surface area contributed by atoms with Crippen molar-refractivity contribution in [1.82, 2.24) is 0 Å².